The molecule has 55 heavy (non-hydrogen) atoms. The van der Waals surface area contributed by atoms with Gasteiger partial charge >= 0.3 is 0 Å². The van der Waals surface area contributed by atoms with Gasteiger partial charge in [-0.05, 0) is 66.6 Å². The third-order valence-corrected chi connectivity index (χ3v) is 9.50. The van der Waals surface area contributed by atoms with Crippen LogP contribution in [0.15, 0.2) is 79.1 Å². The summed E-state index contributed by atoms with van der Waals surface area (Å²) in [5.74, 6) is -0.109. The summed E-state index contributed by atoms with van der Waals surface area (Å²) in [7, 11) is 0. The number of ether oxygens (including phenoxy) is 1. The number of hydrogen-bond donors (Lipinski definition) is 5. The van der Waals surface area contributed by atoms with Crippen molar-refractivity contribution in [1.82, 2.24) is 46.0 Å². The summed E-state index contributed by atoms with van der Waals surface area (Å²) >= 11 is 0. The molecule has 288 valence electrons. The minimum absolute atomic E-state index is 0.114. The second-order valence-electron chi connectivity index (χ2n) is 14.9. The average molecular weight is 748 g/mol. The van der Waals surface area contributed by atoms with Crippen LogP contribution >= 0.6 is 0 Å². The Morgan fingerprint density at radius 2 is 1.71 bits per heavy atom. The smallest absolute Gasteiger partial charge is 0.252 e. The predicted molar refractivity (Wildman–Crippen MR) is 207 cm³/mol. The highest BCUT2D eigenvalue weighted by atomic mass is 16.5. The highest BCUT2D eigenvalue weighted by Crippen LogP contribution is 2.22. The number of rotatable bonds is 7. The third-order valence-electron chi connectivity index (χ3n) is 9.50. The minimum atomic E-state index is -1.05. The summed E-state index contributed by atoms with van der Waals surface area (Å²) in [4.78, 5) is 67.8. The van der Waals surface area contributed by atoms with Gasteiger partial charge in [-0.25, -0.2) is 14.6 Å². The van der Waals surface area contributed by atoms with Gasteiger partial charge in [0.05, 0.1) is 29.4 Å². The zero-order valence-electron chi connectivity index (χ0n) is 31.8. The number of fused-ring (bicyclic) bond motifs is 15. The molecular formula is C41H49N9O5. The van der Waals surface area contributed by atoms with E-state index in [1.807, 2.05) is 56.3 Å². The summed E-state index contributed by atoms with van der Waals surface area (Å²) in [6.07, 6.45) is 2.55. The van der Waals surface area contributed by atoms with Crippen LogP contribution in [0.1, 0.15) is 73.3 Å². The van der Waals surface area contributed by atoms with E-state index in [0.717, 1.165) is 11.1 Å². The standard InChI is InChI=1S/C41H49N9O5/c1-24(2)17-30-22-55-31-14-11-28(12-15-31)19-34(46-39(52)29-13-16-32-33(20-29)43-23-42-32)40(53)47-35(18-27-9-7-6-8-10-27)41(54)48-37(25(3)4)38-44-26(5)49-50(38)21-36(51)45-30/h6-16,20,23-25,30,34-35,37H,17-19,21-22H2,1-5H3,(H,42,43)(H,45,51)(H,46,52)(H,47,53)(H,48,54)/t30-,34-,35-,37-/m0/s1. The lowest BCUT2D eigenvalue weighted by molar-refractivity contribution is -0.130. The first-order valence-electron chi connectivity index (χ1n) is 18.7. The van der Waals surface area contributed by atoms with E-state index in [1.54, 1.807) is 43.6 Å². The van der Waals surface area contributed by atoms with Gasteiger partial charge in [0.15, 0.2) is 5.82 Å². The largest absolute Gasteiger partial charge is 0.491 e. The first kappa shape index (κ1) is 38.7. The number of aryl methyl sites for hydroxylation is 1. The molecule has 5 N–H and O–H groups in total. The number of amides is 4. The van der Waals surface area contributed by atoms with E-state index in [9.17, 15) is 19.2 Å². The first-order valence-corrected chi connectivity index (χ1v) is 18.7. The van der Waals surface area contributed by atoms with E-state index in [2.05, 4.69) is 55.2 Å². The second kappa shape index (κ2) is 17.4. The molecule has 4 atom stereocenters. The Labute approximate surface area is 320 Å². The zero-order chi connectivity index (χ0) is 39.1. The van der Waals surface area contributed by atoms with Gasteiger partial charge < -0.3 is 31.0 Å². The van der Waals surface area contributed by atoms with E-state index >= 15 is 0 Å². The molecule has 0 saturated carbocycles. The summed E-state index contributed by atoms with van der Waals surface area (Å²) in [5, 5.41) is 16.6. The lowest BCUT2D eigenvalue weighted by atomic mass is 9.99. The Morgan fingerprint density at radius 1 is 0.945 bits per heavy atom. The second-order valence-corrected chi connectivity index (χ2v) is 14.9. The van der Waals surface area contributed by atoms with Crippen molar-refractivity contribution in [3.63, 3.8) is 0 Å². The van der Waals surface area contributed by atoms with Crippen molar-refractivity contribution in [2.75, 3.05) is 6.61 Å². The Balaban J connectivity index is 1.36. The number of hydrogen-bond acceptors (Lipinski definition) is 8. The molecule has 4 heterocycles. The quantitative estimate of drug-likeness (QED) is 0.166. The molecule has 0 aliphatic carbocycles. The molecule has 4 amide bonds. The normalized spacial score (nSPS) is 20.0. The lowest BCUT2D eigenvalue weighted by Crippen LogP contribution is -2.55. The van der Waals surface area contributed by atoms with Crippen LogP contribution in [0.4, 0.5) is 0 Å². The average Bonchev–Trinajstić information content (AvgIpc) is 3.77. The molecule has 0 radical (unpaired) electrons. The Bertz CT molecular complexity index is 2110. The minimum Gasteiger partial charge on any atom is -0.491 e. The molecule has 2 aliphatic heterocycles. The van der Waals surface area contributed by atoms with Gasteiger partial charge in [0, 0.05) is 18.4 Å². The maximum absolute atomic E-state index is 14.4. The van der Waals surface area contributed by atoms with Crippen molar-refractivity contribution in [3.05, 3.63) is 107 Å². The number of aromatic nitrogens is 5. The highest BCUT2D eigenvalue weighted by Gasteiger charge is 2.32. The van der Waals surface area contributed by atoms with Crippen molar-refractivity contribution in [2.45, 2.75) is 84.6 Å². The highest BCUT2D eigenvalue weighted by molar-refractivity contribution is 6.00. The molecule has 2 aliphatic rings. The van der Waals surface area contributed by atoms with Crippen molar-refractivity contribution in [3.8, 4) is 5.75 Å². The Morgan fingerprint density at radius 3 is 2.44 bits per heavy atom. The molecule has 3 aromatic carbocycles. The van der Waals surface area contributed by atoms with Gasteiger partial charge in [0.1, 0.15) is 36.8 Å². The van der Waals surface area contributed by atoms with Crippen LogP contribution in [0.5, 0.6) is 5.75 Å². The van der Waals surface area contributed by atoms with Gasteiger partial charge in [-0.2, -0.15) is 5.10 Å². The van der Waals surface area contributed by atoms with Crippen LogP contribution in [0.25, 0.3) is 11.0 Å². The molecule has 0 saturated heterocycles. The molecule has 14 heteroatoms. The summed E-state index contributed by atoms with van der Waals surface area (Å²) in [6.45, 7) is 9.90. The number of nitrogens with one attached hydrogen (secondary N) is 5. The topological polar surface area (TPSA) is 185 Å². The van der Waals surface area contributed by atoms with E-state index in [1.165, 1.54) is 4.68 Å². The lowest BCUT2D eigenvalue weighted by Gasteiger charge is -2.27. The molecular weight excluding hydrogens is 699 g/mol. The fourth-order valence-electron chi connectivity index (χ4n) is 6.76. The number of benzene rings is 3. The molecule has 7 rings (SSSR count). The molecule has 2 bridgehead atoms. The van der Waals surface area contributed by atoms with Gasteiger partial charge in [-0.15, -0.1) is 0 Å². The molecule has 0 unspecified atom stereocenters. The zero-order valence-corrected chi connectivity index (χ0v) is 31.8. The number of nitrogens with zero attached hydrogens (tertiary/aromatic N) is 4. The molecule has 0 fully saturated rings. The maximum atomic E-state index is 14.4. The summed E-state index contributed by atoms with van der Waals surface area (Å²) < 4.78 is 7.68. The van der Waals surface area contributed by atoms with Crippen LogP contribution in [0.3, 0.4) is 0 Å². The fraction of sp³-hybridized carbons (Fsp3) is 0.390. The summed E-state index contributed by atoms with van der Waals surface area (Å²) in [6, 6.07) is 18.7. The van der Waals surface area contributed by atoms with E-state index in [0.29, 0.717) is 40.4 Å². The van der Waals surface area contributed by atoms with Crippen molar-refractivity contribution >= 4 is 34.7 Å². The monoisotopic (exact) mass is 747 g/mol. The predicted octanol–water partition coefficient (Wildman–Crippen LogP) is 3.97. The van der Waals surface area contributed by atoms with Gasteiger partial charge in [-0.3, -0.25) is 19.2 Å². The number of aromatic amines is 1. The van der Waals surface area contributed by atoms with Crippen LogP contribution in [0.2, 0.25) is 0 Å². The number of H-pyrrole nitrogens is 1. The SMILES string of the molecule is Cc1nc2n(n1)CC(=O)N[C@@H](CC(C)C)COc1ccc(cc1)C[C@H](NC(=O)c1ccc3nc[nH]c3c1)C(=O)N[C@@H](Cc1ccccc1)C(=O)N[C@H]2C(C)C. The van der Waals surface area contributed by atoms with Gasteiger partial charge in [-0.1, -0.05) is 70.2 Å². The molecule has 5 aromatic rings. The van der Waals surface area contributed by atoms with E-state index in [-0.39, 0.29) is 49.8 Å². The van der Waals surface area contributed by atoms with Crippen molar-refractivity contribution < 1.29 is 23.9 Å². The van der Waals surface area contributed by atoms with Gasteiger partial charge in [0.25, 0.3) is 5.91 Å². The molecule has 0 spiro atoms. The van der Waals surface area contributed by atoms with Crippen LogP contribution < -0.4 is 26.0 Å². The number of imidazole rings is 1. The summed E-state index contributed by atoms with van der Waals surface area (Å²) in [5.41, 5.74) is 3.33. The van der Waals surface area contributed by atoms with Crippen molar-refractivity contribution in [2.24, 2.45) is 11.8 Å². The van der Waals surface area contributed by atoms with Crippen LogP contribution in [-0.4, -0.2) is 73.1 Å². The van der Waals surface area contributed by atoms with E-state index in [4.69, 9.17) is 4.74 Å². The Hall–Kier alpha value is -6.05. The van der Waals surface area contributed by atoms with Crippen LogP contribution in [0, 0.1) is 18.8 Å². The fourth-order valence-corrected chi connectivity index (χ4v) is 6.76. The molecule has 2 aromatic heterocycles. The number of carbonyl (C=O) groups excluding carboxylic acids is 4. The first-order chi connectivity index (χ1) is 26.4. The van der Waals surface area contributed by atoms with Gasteiger partial charge in [0.2, 0.25) is 17.7 Å². The van der Waals surface area contributed by atoms with E-state index < -0.39 is 35.8 Å². The number of carbonyl (C=O) groups is 4. The van der Waals surface area contributed by atoms with Crippen molar-refractivity contribution in [1.29, 1.82) is 0 Å². The Kier molecular flexibility index (Phi) is 12.2. The van der Waals surface area contributed by atoms with Crippen LogP contribution in [-0.2, 0) is 33.8 Å². The molecule has 14 nitrogen and oxygen atoms in total. The third kappa shape index (κ3) is 10.1. The maximum Gasteiger partial charge on any atom is 0.252 e.